The second-order valence-electron chi connectivity index (χ2n) is 6.29. The Morgan fingerprint density at radius 2 is 2.00 bits per heavy atom. The van der Waals surface area contributed by atoms with Crippen molar-refractivity contribution in [3.8, 4) is 5.75 Å². The maximum absolute atomic E-state index is 12.1. The standard InChI is InChI=1S/C17H19NO4S/c1-10-5-6-11(17(2,3)4)14(7-10)22-8-13(19)15-18-12(9-23-15)16(20)21/h5-7,9H,8H2,1-4H3,(H,20,21)/p-1. The maximum Gasteiger partial charge on any atom is 0.228 e. The summed E-state index contributed by atoms with van der Waals surface area (Å²) in [6, 6.07) is 5.89. The summed E-state index contributed by atoms with van der Waals surface area (Å²) in [6.45, 7) is 7.97. The topological polar surface area (TPSA) is 79.3 Å². The number of aryl methyl sites for hydroxylation is 1. The summed E-state index contributed by atoms with van der Waals surface area (Å²) < 4.78 is 5.68. The van der Waals surface area contributed by atoms with Gasteiger partial charge in [-0.05, 0) is 29.5 Å². The van der Waals surface area contributed by atoms with Crippen molar-refractivity contribution in [1.82, 2.24) is 4.98 Å². The molecule has 0 amide bonds. The molecule has 122 valence electrons. The van der Waals surface area contributed by atoms with Crippen molar-refractivity contribution >= 4 is 23.1 Å². The van der Waals surface area contributed by atoms with Gasteiger partial charge in [-0.1, -0.05) is 32.9 Å². The van der Waals surface area contributed by atoms with Crippen LogP contribution in [0.25, 0.3) is 0 Å². The number of hydrogen-bond donors (Lipinski definition) is 0. The van der Waals surface area contributed by atoms with E-state index in [-0.39, 0.29) is 28.5 Å². The molecule has 0 spiro atoms. The zero-order valence-corrected chi connectivity index (χ0v) is 14.3. The third-order valence-electron chi connectivity index (χ3n) is 3.26. The zero-order valence-electron chi connectivity index (χ0n) is 13.5. The first-order valence-electron chi connectivity index (χ1n) is 7.12. The minimum atomic E-state index is -1.39. The Labute approximate surface area is 138 Å². The molecular weight excluding hydrogens is 314 g/mol. The Morgan fingerprint density at radius 1 is 1.30 bits per heavy atom. The van der Waals surface area contributed by atoms with Crippen molar-refractivity contribution < 1.29 is 19.4 Å². The van der Waals surface area contributed by atoms with Crippen LogP contribution in [0.4, 0.5) is 0 Å². The number of ether oxygens (including phenoxy) is 1. The van der Waals surface area contributed by atoms with Crippen LogP contribution in [-0.4, -0.2) is 23.3 Å². The van der Waals surface area contributed by atoms with Crippen molar-refractivity contribution in [2.24, 2.45) is 0 Å². The number of carboxylic acid groups (broad SMARTS) is 1. The fourth-order valence-electron chi connectivity index (χ4n) is 2.07. The van der Waals surface area contributed by atoms with E-state index in [1.807, 2.05) is 25.1 Å². The normalized spacial score (nSPS) is 11.3. The van der Waals surface area contributed by atoms with Crippen molar-refractivity contribution in [2.45, 2.75) is 33.1 Å². The van der Waals surface area contributed by atoms with Crippen molar-refractivity contribution in [1.29, 1.82) is 0 Å². The lowest BCUT2D eigenvalue weighted by Gasteiger charge is -2.23. The number of carboxylic acids is 1. The molecule has 0 unspecified atom stereocenters. The molecule has 0 N–H and O–H groups in total. The Bertz CT molecular complexity index is 743. The highest BCUT2D eigenvalue weighted by atomic mass is 32.1. The number of aromatic nitrogens is 1. The smallest absolute Gasteiger partial charge is 0.228 e. The van der Waals surface area contributed by atoms with Crippen LogP contribution >= 0.6 is 11.3 Å². The van der Waals surface area contributed by atoms with Crippen molar-refractivity contribution in [3.05, 3.63) is 45.4 Å². The van der Waals surface area contributed by atoms with E-state index >= 15 is 0 Å². The van der Waals surface area contributed by atoms with Gasteiger partial charge in [0.1, 0.15) is 5.75 Å². The molecule has 0 atom stereocenters. The molecule has 1 aromatic carbocycles. The van der Waals surface area contributed by atoms with Crippen molar-refractivity contribution in [2.75, 3.05) is 6.61 Å². The second-order valence-corrected chi connectivity index (χ2v) is 7.14. The first-order valence-corrected chi connectivity index (χ1v) is 8.00. The molecule has 23 heavy (non-hydrogen) atoms. The summed E-state index contributed by atoms with van der Waals surface area (Å²) in [5, 5.41) is 12.1. The number of carbonyl (C=O) groups excluding carboxylic acids is 2. The van der Waals surface area contributed by atoms with Crippen LogP contribution in [0, 0.1) is 6.92 Å². The number of carbonyl (C=O) groups is 2. The minimum Gasteiger partial charge on any atom is -0.543 e. The van der Waals surface area contributed by atoms with Gasteiger partial charge in [0.05, 0.1) is 11.7 Å². The van der Waals surface area contributed by atoms with E-state index < -0.39 is 5.97 Å². The maximum atomic E-state index is 12.1. The lowest BCUT2D eigenvalue weighted by molar-refractivity contribution is -0.255. The van der Waals surface area contributed by atoms with Gasteiger partial charge in [-0.15, -0.1) is 11.3 Å². The van der Waals surface area contributed by atoms with Crippen LogP contribution < -0.4 is 9.84 Å². The lowest BCUT2D eigenvalue weighted by Crippen LogP contribution is -2.23. The van der Waals surface area contributed by atoms with Gasteiger partial charge in [-0.2, -0.15) is 0 Å². The largest absolute Gasteiger partial charge is 0.543 e. The molecule has 0 aliphatic heterocycles. The summed E-state index contributed by atoms with van der Waals surface area (Å²) in [6.07, 6.45) is 0. The van der Waals surface area contributed by atoms with E-state index in [0.717, 1.165) is 22.5 Å². The van der Waals surface area contributed by atoms with E-state index in [1.54, 1.807) is 0 Å². The number of ketones is 1. The molecule has 2 aromatic rings. The van der Waals surface area contributed by atoms with E-state index in [4.69, 9.17) is 4.74 Å². The van der Waals surface area contributed by atoms with Crippen LogP contribution in [0.3, 0.4) is 0 Å². The molecule has 0 radical (unpaired) electrons. The molecule has 0 bridgehead atoms. The fourth-order valence-corrected chi connectivity index (χ4v) is 2.78. The Balaban J connectivity index is 2.15. The second kappa shape index (κ2) is 6.50. The van der Waals surface area contributed by atoms with Gasteiger partial charge in [-0.3, -0.25) is 4.79 Å². The predicted octanol–water partition coefficient (Wildman–Crippen LogP) is 2.37. The average molecular weight is 332 g/mol. The third kappa shape index (κ3) is 4.16. The quantitative estimate of drug-likeness (QED) is 0.785. The molecule has 1 aromatic heterocycles. The van der Waals surface area contributed by atoms with Gasteiger partial charge in [0.25, 0.3) is 0 Å². The number of thiazole rings is 1. The number of aromatic carboxylic acids is 1. The highest BCUT2D eigenvalue weighted by Gasteiger charge is 2.20. The van der Waals surface area contributed by atoms with Crippen LogP contribution in [0.5, 0.6) is 5.75 Å². The summed E-state index contributed by atoms with van der Waals surface area (Å²) in [5.41, 5.74) is 1.69. The Hall–Kier alpha value is -2.21. The third-order valence-corrected chi connectivity index (χ3v) is 4.14. The van der Waals surface area contributed by atoms with E-state index in [2.05, 4.69) is 25.8 Å². The summed E-state index contributed by atoms with van der Waals surface area (Å²) in [4.78, 5) is 26.5. The molecule has 6 heteroatoms. The number of benzene rings is 1. The first kappa shape index (κ1) is 17.1. The highest BCUT2D eigenvalue weighted by molar-refractivity contribution is 7.12. The number of nitrogens with zero attached hydrogens (tertiary/aromatic N) is 1. The van der Waals surface area contributed by atoms with Crippen LogP contribution in [-0.2, 0) is 5.41 Å². The van der Waals surface area contributed by atoms with Gasteiger partial charge >= 0.3 is 0 Å². The van der Waals surface area contributed by atoms with E-state index in [9.17, 15) is 14.7 Å². The molecule has 0 saturated heterocycles. The van der Waals surface area contributed by atoms with E-state index in [1.165, 1.54) is 5.38 Å². The van der Waals surface area contributed by atoms with Gasteiger partial charge in [0, 0.05) is 5.38 Å². The van der Waals surface area contributed by atoms with Gasteiger partial charge in [0.15, 0.2) is 11.6 Å². The summed E-state index contributed by atoms with van der Waals surface area (Å²) in [5.74, 6) is -1.10. The van der Waals surface area contributed by atoms with Crippen LogP contribution in [0.2, 0.25) is 0 Å². The number of hydrogen-bond acceptors (Lipinski definition) is 6. The average Bonchev–Trinajstić information content (AvgIpc) is 2.93. The minimum absolute atomic E-state index is 0.106. The number of rotatable bonds is 5. The summed E-state index contributed by atoms with van der Waals surface area (Å²) in [7, 11) is 0. The van der Waals surface area contributed by atoms with Crippen LogP contribution in [0.15, 0.2) is 23.6 Å². The van der Waals surface area contributed by atoms with Gasteiger partial charge in [-0.25, -0.2) is 4.98 Å². The Morgan fingerprint density at radius 3 is 2.57 bits per heavy atom. The molecule has 2 rings (SSSR count). The van der Waals surface area contributed by atoms with E-state index in [0.29, 0.717) is 5.75 Å². The fraction of sp³-hybridized carbons (Fsp3) is 0.353. The molecule has 0 saturated carbocycles. The molecule has 1 heterocycles. The van der Waals surface area contributed by atoms with Gasteiger partial charge < -0.3 is 14.6 Å². The molecule has 0 aliphatic rings. The number of Topliss-reactive ketones (excluding diaryl/α,β-unsaturated/α-hetero) is 1. The zero-order chi connectivity index (χ0) is 17.2. The molecule has 0 aliphatic carbocycles. The predicted molar refractivity (Wildman–Crippen MR) is 86.1 cm³/mol. The molecule has 0 fully saturated rings. The lowest BCUT2D eigenvalue weighted by atomic mass is 9.86. The SMILES string of the molecule is Cc1ccc(C(C)(C)C)c(OCC(=O)c2nc(C(=O)[O-])cs2)c1. The van der Waals surface area contributed by atoms with Crippen LogP contribution in [0.1, 0.15) is 52.2 Å². The van der Waals surface area contributed by atoms with Crippen molar-refractivity contribution in [3.63, 3.8) is 0 Å². The first-order chi connectivity index (χ1) is 10.7. The Kier molecular flexibility index (Phi) is 4.85. The highest BCUT2D eigenvalue weighted by Crippen LogP contribution is 2.32. The molecular formula is C17H18NO4S-. The monoisotopic (exact) mass is 332 g/mol. The summed E-state index contributed by atoms with van der Waals surface area (Å²) >= 11 is 0.973. The molecule has 5 nitrogen and oxygen atoms in total. The van der Waals surface area contributed by atoms with Gasteiger partial charge in [0.2, 0.25) is 5.78 Å².